The minimum atomic E-state index is -0.459. The number of thioether (sulfide) groups is 1. The van der Waals surface area contributed by atoms with Crippen molar-refractivity contribution in [1.82, 2.24) is 14.9 Å². The number of nitrogens with two attached hydrogens (primary N) is 1. The Morgan fingerprint density at radius 2 is 1.67 bits per heavy atom. The van der Waals surface area contributed by atoms with Crippen molar-refractivity contribution in [1.29, 1.82) is 0 Å². The van der Waals surface area contributed by atoms with Crippen LogP contribution < -0.4 is 5.73 Å². The number of amides is 1. The first-order valence-electron chi connectivity index (χ1n) is 10.9. The monoisotopic (exact) mass is 526 g/mol. The van der Waals surface area contributed by atoms with Crippen LogP contribution in [-0.4, -0.2) is 39.0 Å². The van der Waals surface area contributed by atoms with Crippen LogP contribution in [0.1, 0.15) is 45.4 Å². The highest BCUT2D eigenvalue weighted by Gasteiger charge is 2.18. The van der Waals surface area contributed by atoms with Crippen LogP contribution in [0.5, 0.6) is 0 Å². The molecule has 1 heterocycles. The zero-order valence-corrected chi connectivity index (χ0v) is 21.6. The van der Waals surface area contributed by atoms with Gasteiger partial charge in [0.1, 0.15) is 11.6 Å². The molecule has 0 aliphatic rings. The SMILES string of the molecule is CC(=C(CCOC(=O)c1ccccc1)SC(=O)c1ccccc1)N(C=O)Cc1cnc(C)nc1N.Cl. The van der Waals surface area contributed by atoms with Gasteiger partial charge in [0, 0.05) is 34.3 Å². The zero-order chi connectivity index (χ0) is 25.2. The van der Waals surface area contributed by atoms with E-state index in [4.69, 9.17) is 10.5 Å². The van der Waals surface area contributed by atoms with Gasteiger partial charge in [-0.1, -0.05) is 48.5 Å². The van der Waals surface area contributed by atoms with E-state index in [1.807, 2.05) is 12.1 Å². The molecule has 0 aliphatic heterocycles. The van der Waals surface area contributed by atoms with Crippen LogP contribution in [0.15, 0.2) is 77.5 Å². The Kier molecular flexibility index (Phi) is 11.1. The van der Waals surface area contributed by atoms with E-state index in [0.717, 1.165) is 11.8 Å². The van der Waals surface area contributed by atoms with Crippen molar-refractivity contribution in [3.63, 3.8) is 0 Å². The van der Waals surface area contributed by atoms with Gasteiger partial charge >= 0.3 is 5.97 Å². The maximum atomic E-state index is 12.9. The predicted molar refractivity (Wildman–Crippen MR) is 142 cm³/mol. The summed E-state index contributed by atoms with van der Waals surface area (Å²) < 4.78 is 5.42. The van der Waals surface area contributed by atoms with Crippen molar-refractivity contribution in [2.24, 2.45) is 0 Å². The summed E-state index contributed by atoms with van der Waals surface area (Å²) in [7, 11) is 0. The summed E-state index contributed by atoms with van der Waals surface area (Å²) in [6, 6.07) is 17.5. The molecule has 188 valence electrons. The van der Waals surface area contributed by atoms with Crippen molar-refractivity contribution < 1.29 is 19.1 Å². The molecule has 0 saturated carbocycles. The fourth-order valence-electron chi connectivity index (χ4n) is 3.16. The predicted octanol–water partition coefficient (Wildman–Crippen LogP) is 4.80. The van der Waals surface area contributed by atoms with Crippen LogP contribution in [0.4, 0.5) is 5.82 Å². The third-order valence-corrected chi connectivity index (χ3v) is 6.28. The molecule has 0 spiro atoms. The van der Waals surface area contributed by atoms with Gasteiger partial charge < -0.3 is 15.4 Å². The van der Waals surface area contributed by atoms with Crippen molar-refractivity contribution in [3.05, 3.63) is 100.0 Å². The third-order valence-electron chi connectivity index (χ3n) is 5.12. The Balaban J connectivity index is 0.00000456. The van der Waals surface area contributed by atoms with Crippen molar-refractivity contribution >= 4 is 47.5 Å². The number of aryl methyl sites for hydroxylation is 1. The molecule has 3 rings (SSSR count). The number of hydrogen-bond donors (Lipinski definition) is 1. The standard InChI is InChI=1S/C26H26N4O4S.ClH/c1-18(30(17-31)16-22-15-28-19(2)29-24(22)27)23(35-26(33)21-11-7-4-8-12-21)13-14-34-25(32)20-9-5-3-6-10-20;/h3-12,15,17H,13-14,16H2,1-2H3,(H2,27,28,29);1H. The Morgan fingerprint density at radius 1 is 1.06 bits per heavy atom. The van der Waals surface area contributed by atoms with Gasteiger partial charge in [0.15, 0.2) is 0 Å². The quantitative estimate of drug-likeness (QED) is 0.296. The zero-order valence-electron chi connectivity index (χ0n) is 19.9. The first-order valence-corrected chi connectivity index (χ1v) is 11.7. The molecule has 0 bridgehead atoms. The molecule has 0 radical (unpaired) electrons. The lowest BCUT2D eigenvalue weighted by molar-refractivity contribution is -0.116. The topological polar surface area (TPSA) is 115 Å². The average molecular weight is 527 g/mol. The largest absolute Gasteiger partial charge is 0.462 e. The van der Waals surface area contributed by atoms with Crippen molar-refractivity contribution in [3.8, 4) is 0 Å². The molecule has 2 N–H and O–H groups in total. The van der Waals surface area contributed by atoms with E-state index in [-0.39, 0.29) is 42.9 Å². The number of benzene rings is 2. The maximum Gasteiger partial charge on any atom is 0.338 e. The Labute approximate surface area is 220 Å². The highest BCUT2D eigenvalue weighted by Crippen LogP contribution is 2.29. The van der Waals surface area contributed by atoms with E-state index < -0.39 is 5.97 Å². The molecule has 1 aromatic heterocycles. The lowest BCUT2D eigenvalue weighted by Gasteiger charge is -2.22. The number of aromatic nitrogens is 2. The number of nitrogen functional groups attached to an aromatic ring is 1. The minimum absolute atomic E-state index is 0. The second-order valence-corrected chi connectivity index (χ2v) is 8.64. The summed E-state index contributed by atoms with van der Waals surface area (Å²) in [5, 5.41) is -0.182. The molecule has 2 aromatic carbocycles. The maximum absolute atomic E-state index is 12.9. The van der Waals surface area contributed by atoms with E-state index in [2.05, 4.69) is 9.97 Å². The lowest BCUT2D eigenvalue weighted by atomic mass is 10.2. The van der Waals surface area contributed by atoms with Crippen LogP contribution in [0, 0.1) is 6.92 Å². The van der Waals surface area contributed by atoms with Crippen LogP contribution in [-0.2, 0) is 16.1 Å². The molecular weight excluding hydrogens is 500 g/mol. The molecule has 1 amide bonds. The van der Waals surface area contributed by atoms with Crippen LogP contribution >= 0.6 is 24.2 Å². The van der Waals surface area contributed by atoms with Crippen LogP contribution in [0.2, 0.25) is 0 Å². The molecule has 0 atom stereocenters. The average Bonchev–Trinajstić information content (AvgIpc) is 2.88. The summed E-state index contributed by atoms with van der Waals surface area (Å²) in [6.45, 7) is 3.63. The van der Waals surface area contributed by atoms with Crippen LogP contribution in [0.3, 0.4) is 0 Å². The number of allylic oxidation sites excluding steroid dienone is 1. The fourth-order valence-corrected chi connectivity index (χ4v) is 4.09. The van der Waals surface area contributed by atoms with E-state index in [0.29, 0.717) is 39.5 Å². The van der Waals surface area contributed by atoms with Crippen LogP contribution in [0.25, 0.3) is 0 Å². The van der Waals surface area contributed by atoms with Gasteiger partial charge in [-0.3, -0.25) is 9.59 Å². The molecule has 0 fully saturated rings. The summed E-state index contributed by atoms with van der Waals surface area (Å²) in [6.07, 6.45) is 2.49. The summed E-state index contributed by atoms with van der Waals surface area (Å²) in [5.74, 6) is 0.350. The highest BCUT2D eigenvalue weighted by molar-refractivity contribution is 8.17. The molecule has 8 nitrogen and oxygen atoms in total. The molecule has 36 heavy (non-hydrogen) atoms. The summed E-state index contributed by atoms with van der Waals surface area (Å²) in [4.78, 5) is 47.6. The smallest absolute Gasteiger partial charge is 0.338 e. The fraction of sp³-hybridized carbons (Fsp3) is 0.192. The van der Waals surface area contributed by atoms with Gasteiger partial charge in [0.2, 0.25) is 11.5 Å². The number of nitrogens with zero attached hydrogens (tertiary/aromatic N) is 3. The number of halogens is 1. The number of rotatable bonds is 10. The number of esters is 1. The molecule has 0 saturated heterocycles. The first kappa shape index (κ1) is 28.5. The van der Waals surface area contributed by atoms with E-state index in [9.17, 15) is 14.4 Å². The van der Waals surface area contributed by atoms with Gasteiger partial charge in [-0.05, 0) is 37.7 Å². The number of ether oxygens (including phenoxy) is 1. The van der Waals surface area contributed by atoms with Gasteiger partial charge in [-0.15, -0.1) is 12.4 Å². The minimum Gasteiger partial charge on any atom is -0.462 e. The van der Waals surface area contributed by atoms with Gasteiger partial charge in [-0.2, -0.15) is 0 Å². The number of carbonyl (C=O) groups excluding carboxylic acids is 3. The van der Waals surface area contributed by atoms with E-state index in [1.165, 1.54) is 4.90 Å². The second-order valence-electron chi connectivity index (χ2n) is 7.58. The molecule has 3 aromatic rings. The van der Waals surface area contributed by atoms with Crippen molar-refractivity contribution in [2.75, 3.05) is 12.3 Å². The molecule has 0 unspecified atom stereocenters. The lowest BCUT2D eigenvalue weighted by Crippen LogP contribution is -2.22. The first-order chi connectivity index (χ1) is 16.9. The Morgan fingerprint density at radius 3 is 2.25 bits per heavy atom. The normalized spacial score (nSPS) is 11.1. The molecule has 0 aliphatic carbocycles. The van der Waals surface area contributed by atoms with E-state index in [1.54, 1.807) is 68.6 Å². The summed E-state index contributed by atoms with van der Waals surface area (Å²) in [5.41, 5.74) is 8.09. The number of carbonyl (C=O) groups is 3. The summed E-state index contributed by atoms with van der Waals surface area (Å²) >= 11 is 1.00. The van der Waals surface area contributed by atoms with E-state index >= 15 is 0 Å². The Hall–Kier alpha value is -3.69. The van der Waals surface area contributed by atoms with Gasteiger partial charge in [0.25, 0.3) is 0 Å². The molecular formula is C26H27ClN4O4S. The third kappa shape index (κ3) is 7.93. The number of hydrogen-bond acceptors (Lipinski definition) is 8. The van der Waals surface area contributed by atoms with Gasteiger partial charge in [0.05, 0.1) is 18.7 Å². The second kappa shape index (κ2) is 14.0. The molecule has 10 heteroatoms. The van der Waals surface area contributed by atoms with Crippen molar-refractivity contribution in [2.45, 2.75) is 26.8 Å². The Bertz CT molecular complexity index is 1220. The highest BCUT2D eigenvalue weighted by atomic mass is 35.5. The van der Waals surface area contributed by atoms with Gasteiger partial charge in [-0.25, -0.2) is 14.8 Å². The number of anilines is 1.